The van der Waals surface area contributed by atoms with Crippen molar-refractivity contribution in [3.63, 3.8) is 0 Å². The molecule has 0 saturated heterocycles. The topological polar surface area (TPSA) is 43.1 Å². The second-order valence-electron chi connectivity index (χ2n) is 3.37. The summed E-state index contributed by atoms with van der Waals surface area (Å²) in [5.74, 6) is -0.189. The first-order valence-corrected chi connectivity index (χ1v) is 4.63. The lowest BCUT2D eigenvalue weighted by molar-refractivity contribution is 0.112. The third-order valence-corrected chi connectivity index (χ3v) is 2.31. The van der Waals surface area contributed by atoms with Crippen LogP contribution in [0.1, 0.15) is 35.2 Å². The van der Waals surface area contributed by atoms with Crippen LogP contribution in [0.3, 0.4) is 0 Å². The first-order chi connectivity index (χ1) is 6.69. The zero-order valence-electron chi connectivity index (χ0n) is 8.16. The Labute approximate surface area is 82.9 Å². The van der Waals surface area contributed by atoms with Gasteiger partial charge < -0.3 is 5.73 Å². The predicted molar refractivity (Wildman–Crippen MR) is 53.9 cm³/mol. The van der Waals surface area contributed by atoms with E-state index in [0.29, 0.717) is 12.1 Å². The molecule has 0 heterocycles. The van der Waals surface area contributed by atoms with Gasteiger partial charge >= 0.3 is 0 Å². The predicted octanol–water partition coefficient (Wildman–Crippen LogP) is 2.09. The van der Waals surface area contributed by atoms with Crippen molar-refractivity contribution in [2.75, 3.05) is 6.54 Å². The molecule has 3 heteroatoms. The number of hydrogen-bond donors (Lipinski definition) is 1. The number of nitrogens with two attached hydrogens (primary N) is 1. The van der Waals surface area contributed by atoms with Gasteiger partial charge in [0.25, 0.3) is 0 Å². The van der Waals surface area contributed by atoms with Crippen molar-refractivity contribution in [1.82, 2.24) is 0 Å². The monoisotopic (exact) mass is 195 g/mol. The van der Waals surface area contributed by atoms with Gasteiger partial charge in [-0.3, -0.25) is 4.79 Å². The first-order valence-electron chi connectivity index (χ1n) is 4.63. The van der Waals surface area contributed by atoms with Crippen LogP contribution < -0.4 is 5.73 Å². The van der Waals surface area contributed by atoms with E-state index < -0.39 is 0 Å². The zero-order chi connectivity index (χ0) is 10.6. The fraction of sp³-hybridized carbons (Fsp3) is 0.364. The van der Waals surface area contributed by atoms with Crippen molar-refractivity contribution >= 4 is 6.29 Å². The summed E-state index contributed by atoms with van der Waals surface area (Å²) >= 11 is 0. The summed E-state index contributed by atoms with van der Waals surface area (Å²) in [6.45, 7) is 2.48. The molecule has 0 amide bonds. The summed E-state index contributed by atoms with van der Waals surface area (Å²) in [5, 5.41) is 0. The molecule has 1 aromatic rings. The van der Waals surface area contributed by atoms with E-state index in [9.17, 15) is 9.18 Å². The highest BCUT2D eigenvalue weighted by Gasteiger charge is 2.10. The van der Waals surface area contributed by atoms with Crippen molar-refractivity contribution in [1.29, 1.82) is 0 Å². The molecule has 0 fully saturated rings. The van der Waals surface area contributed by atoms with Crippen LogP contribution in [0, 0.1) is 5.82 Å². The van der Waals surface area contributed by atoms with Gasteiger partial charge in [-0.2, -0.15) is 0 Å². The molecule has 0 aliphatic heterocycles. The number of benzene rings is 1. The molecule has 0 aliphatic rings. The van der Waals surface area contributed by atoms with Crippen LogP contribution >= 0.6 is 0 Å². The maximum atomic E-state index is 12.9. The lowest BCUT2D eigenvalue weighted by atomic mass is 9.93. The molecule has 1 aromatic carbocycles. The van der Waals surface area contributed by atoms with E-state index in [2.05, 4.69) is 0 Å². The summed E-state index contributed by atoms with van der Waals surface area (Å²) in [6, 6.07) is 4.21. The Kier molecular flexibility index (Phi) is 3.77. The van der Waals surface area contributed by atoms with Crippen molar-refractivity contribution in [3.05, 3.63) is 35.1 Å². The third-order valence-electron chi connectivity index (χ3n) is 2.31. The van der Waals surface area contributed by atoms with E-state index in [1.807, 2.05) is 6.92 Å². The van der Waals surface area contributed by atoms with Crippen LogP contribution in [-0.4, -0.2) is 12.8 Å². The number of hydrogen-bond acceptors (Lipinski definition) is 2. The van der Waals surface area contributed by atoms with Gasteiger partial charge in [0.1, 0.15) is 12.1 Å². The number of aldehydes is 1. The summed E-state index contributed by atoms with van der Waals surface area (Å²) in [4.78, 5) is 10.7. The Morgan fingerprint density at radius 2 is 2.29 bits per heavy atom. The molecule has 0 bridgehead atoms. The normalized spacial score (nSPS) is 12.5. The van der Waals surface area contributed by atoms with Gasteiger partial charge in [-0.15, -0.1) is 0 Å². The summed E-state index contributed by atoms with van der Waals surface area (Å²) in [6.07, 6.45) is 1.51. The average Bonchev–Trinajstić information content (AvgIpc) is 2.18. The van der Waals surface area contributed by atoms with Gasteiger partial charge in [0, 0.05) is 5.56 Å². The molecular formula is C11H14FNO. The fourth-order valence-electron chi connectivity index (χ4n) is 1.49. The summed E-state index contributed by atoms with van der Waals surface area (Å²) in [7, 11) is 0. The van der Waals surface area contributed by atoms with Crippen LogP contribution in [-0.2, 0) is 0 Å². The highest BCUT2D eigenvalue weighted by atomic mass is 19.1. The SMILES string of the molecule is CC(CCN)c1cc(F)ccc1C=O. The minimum atomic E-state index is -0.311. The molecule has 1 atom stereocenters. The number of halogens is 1. The Hall–Kier alpha value is -1.22. The minimum Gasteiger partial charge on any atom is -0.330 e. The lowest BCUT2D eigenvalue weighted by Gasteiger charge is -2.12. The Morgan fingerprint density at radius 1 is 1.57 bits per heavy atom. The van der Waals surface area contributed by atoms with Crippen LogP contribution in [0.15, 0.2) is 18.2 Å². The lowest BCUT2D eigenvalue weighted by Crippen LogP contribution is -2.06. The Bertz CT molecular complexity index is 325. The summed E-state index contributed by atoms with van der Waals surface area (Å²) in [5.41, 5.74) is 6.70. The van der Waals surface area contributed by atoms with E-state index in [4.69, 9.17) is 5.73 Å². The van der Waals surface area contributed by atoms with Crippen LogP contribution in [0.2, 0.25) is 0 Å². The second-order valence-corrected chi connectivity index (χ2v) is 3.37. The minimum absolute atomic E-state index is 0.121. The Balaban J connectivity index is 3.03. The molecule has 0 radical (unpaired) electrons. The van der Waals surface area contributed by atoms with Gasteiger partial charge in [0.05, 0.1) is 0 Å². The van der Waals surface area contributed by atoms with Crippen LogP contribution in [0.25, 0.3) is 0 Å². The van der Waals surface area contributed by atoms with Gasteiger partial charge in [-0.25, -0.2) is 4.39 Å². The molecule has 1 rings (SSSR count). The smallest absolute Gasteiger partial charge is 0.150 e. The highest BCUT2D eigenvalue weighted by molar-refractivity contribution is 5.77. The average molecular weight is 195 g/mol. The van der Waals surface area contributed by atoms with Gasteiger partial charge in [0.15, 0.2) is 0 Å². The highest BCUT2D eigenvalue weighted by Crippen LogP contribution is 2.22. The van der Waals surface area contributed by atoms with E-state index in [-0.39, 0.29) is 11.7 Å². The maximum Gasteiger partial charge on any atom is 0.150 e. The van der Waals surface area contributed by atoms with Crippen molar-refractivity contribution < 1.29 is 9.18 Å². The molecular weight excluding hydrogens is 181 g/mol. The van der Waals surface area contributed by atoms with Crippen LogP contribution in [0.4, 0.5) is 4.39 Å². The van der Waals surface area contributed by atoms with E-state index in [0.717, 1.165) is 18.3 Å². The number of carbonyl (C=O) groups is 1. The first kappa shape index (κ1) is 10.9. The van der Waals surface area contributed by atoms with Crippen molar-refractivity contribution in [3.8, 4) is 0 Å². The fourth-order valence-corrected chi connectivity index (χ4v) is 1.49. The quantitative estimate of drug-likeness (QED) is 0.747. The molecule has 1 unspecified atom stereocenters. The van der Waals surface area contributed by atoms with Gasteiger partial charge in [-0.1, -0.05) is 6.92 Å². The molecule has 0 saturated carbocycles. The zero-order valence-corrected chi connectivity index (χ0v) is 8.16. The molecule has 14 heavy (non-hydrogen) atoms. The molecule has 0 spiro atoms. The summed E-state index contributed by atoms with van der Waals surface area (Å²) < 4.78 is 12.9. The number of carbonyl (C=O) groups excluding carboxylic acids is 1. The molecule has 0 aromatic heterocycles. The second kappa shape index (κ2) is 4.86. The molecule has 76 valence electrons. The Morgan fingerprint density at radius 3 is 2.86 bits per heavy atom. The van der Waals surface area contributed by atoms with Crippen LogP contribution in [0.5, 0.6) is 0 Å². The standard InChI is InChI=1S/C11H14FNO/c1-8(4-5-13)11-6-10(12)3-2-9(11)7-14/h2-3,6-8H,4-5,13H2,1H3. The number of rotatable bonds is 4. The van der Waals surface area contributed by atoms with Crippen molar-refractivity contribution in [2.24, 2.45) is 5.73 Å². The van der Waals surface area contributed by atoms with E-state index in [1.165, 1.54) is 18.2 Å². The third kappa shape index (κ3) is 2.39. The molecule has 0 aliphatic carbocycles. The molecule has 2 N–H and O–H groups in total. The van der Waals surface area contributed by atoms with Crippen molar-refractivity contribution in [2.45, 2.75) is 19.3 Å². The molecule has 2 nitrogen and oxygen atoms in total. The maximum absolute atomic E-state index is 12.9. The van der Waals surface area contributed by atoms with Gasteiger partial charge in [-0.05, 0) is 42.6 Å². The van der Waals surface area contributed by atoms with E-state index >= 15 is 0 Å². The van der Waals surface area contributed by atoms with Gasteiger partial charge in [0.2, 0.25) is 0 Å². The largest absolute Gasteiger partial charge is 0.330 e. The van der Waals surface area contributed by atoms with E-state index in [1.54, 1.807) is 0 Å².